The number of hydrogen-bond donors (Lipinski definition) is 2. The van der Waals surface area contributed by atoms with Crippen molar-refractivity contribution in [2.45, 2.75) is 59.3 Å². The van der Waals surface area contributed by atoms with Crippen molar-refractivity contribution in [3.8, 4) is 0 Å². The molecule has 1 aliphatic rings. The molecule has 4 heteroatoms. The van der Waals surface area contributed by atoms with Crippen LogP contribution in [0.1, 0.15) is 59.3 Å². The first kappa shape index (κ1) is 15.0. The zero-order valence-electron chi connectivity index (χ0n) is 11.7. The molecule has 0 aromatic rings. The first-order chi connectivity index (χ1) is 8.40. The van der Waals surface area contributed by atoms with Crippen LogP contribution in [-0.4, -0.2) is 23.5 Å². The summed E-state index contributed by atoms with van der Waals surface area (Å²) in [6, 6.07) is 0. The van der Waals surface area contributed by atoms with Gasteiger partial charge in [-0.3, -0.25) is 9.59 Å². The number of carboxylic acids is 1. The van der Waals surface area contributed by atoms with Crippen LogP contribution in [0.2, 0.25) is 0 Å². The summed E-state index contributed by atoms with van der Waals surface area (Å²) >= 11 is 0. The molecular weight excluding hydrogens is 230 g/mol. The molecule has 1 amide bonds. The van der Waals surface area contributed by atoms with Gasteiger partial charge in [0.1, 0.15) is 0 Å². The molecule has 1 aliphatic carbocycles. The summed E-state index contributed by atoms with van der Waals surface area (Å²) < 4.78 is 0. The zero-order valence-corrected chi connectivity index (χ0v) is 11.7. The lowest BCUT2D eigenvalue weighted by molar-refractivity contribution is -0.149. The molecule has 0 heterocycles. The highest BCUT2D eigenvalue weighted by Crippen LogP contribution is 2.38. The van der Waals surface area contributed by atoms with Crippen LogP contribution in [-0.2, 0) is 9.59 Å². The van der Waals surface area contributed by atoms with Gasteiger partial charge >= 0.3 is 5.97 Å². The molecule has 18 heavy (non-hydrogen) atoms. The van der Waals surface area contributed by atoms with Crippen molar-refractivity contribution in [1.29, 1.82) is 0 Å². The molecule has 0 atom stereocenters. The van der Waals surface area contributed by atoms with E-state index in [1.54, 1.807) is 0 Å². The van der Waals surface area contributed by atoms with Crippen molar-refractivity contribution < 1.29 is 14.7 Å². The molecule has 0 bridgehead atoms. The van der Waals surface area contributed by atoms with Crippen molar-refractivity contribution in [2.75, 3.05) is 6.54 Å². The van der Waals surface area contributed by atoms with Crippen LogP contribution in [0.15, 0.2) is 0 Å². The van der Waals surface area contributed by atoms with Gasteiger partial charge in [0.15, 0.2) is 0 Å². The summed E-state index contributed by atoms with van der Waals surface area (Å²) in [4.78, 5) is 23.5. The smallest absolute Gasteiger partial charge is 0.311 e. The van der Waals surface area contributed by atoms with E-state index >= 15 is 0 Å². The van der Waals surface area contributed by atoms with Crippen LogP contribution in [0.3, 0.4) is 0 Å². The molecule has 4 nitrogen and oxygen atoms in total. The second-order valence-corrected chi connectivity index (χ2v) is 5.74. The minimum Gasteiger partial charge on any atom is -0.481 e. The third-order valence-corrected chi connectivity index (χ3v) is 4.65. The number of rotatable bonds is 6. The number of hydrogen-bond acceptors (Lipinski definition) is 2. The zero-order chi connectivity index (χ0) is 13.8. The van der Waals surface area contributed by atoms with Crippen molar-refractivity contribution >= 4 is 11.9 Å². The number of nitrogens with one attached hydrogen (secondary N) is 1. The molecule has 0 aromatic carbocycles. The lowest BCUT2D eigenvalue weighted by Gasteiger charge is -2.29. The number of aliphatic carboxylic acids is 1. The van der Waals surface area contributed by atoms with Gasteiger partial charge in [-0.15, -0.1) is 0 Å². The third kappa shape index (κ3) is 2.85. The minimum atomic E-state index is -0.815. The average Bonchev–Trinajstić information content (AvgIpc) is 2.79. The van der Waals surface area contributed by atoms with E-state index in [0.29, 0.717) is 12.8 Å². The summed E-state index contributed by atoms with van der Waals surface area (Å²) in [6.45, 7) is 5.95. The first-order valence-corrected chi connectivity index (χ1v) is 6.92. The van der Waals surface area contributed by atoms with Crippen molar-refractivity contribution in [1.82, 2.24) is 5.32 Å². The monoisotopic (exact) mass is 255 g/mol. The summed E-state index contributed by atoms with van der Waals surface area (Å²) in [6.07, 6.45) is 5.09. The lowest BCUT2D eigenvalue weighted by atomic mass is 9.81. The Morgan fingerprint density at radius 1 is 1.22 bits per heavy atom. The minimum absolute atomic E-state index is 0.0209. The highest BCUT2D eigenvalue weighted by Gasteiger charge is 2.39. The molecular formula is C14H25NO3. The van der Waals surface area contributed by atoms with Gasteiger partial charge in [0.2, 0.25) is 5.91 Å². The average molecular weight is 255 g/mol. The SMILES string of the molecule is CCC(CC)(CNC(=O)C1(C)CCCC1)C(=O)O. The van der Waals surface area contributed by atoms with E-state index < -0.39 is 11.4 Å². The molecule has 0 aliphatic heterocycles. The Kier molecular flexibility index (Phi) is 4.77. The Morgan fingerprint density at radius 3 is 2.11 bits per heavy atom. The second-order valence-electron chi connectivity index (χ2n) is 5.74. The number of carbonyl (C=O) groups excluding carboxylic acids is 1. The standard InChI is InChI=1S/C14H25NO3/c1-4-14(5-2,12(17)18)10-15-11(16)13(3)8-6-7-9-13/h4-10H2,1-3H3,(H,15,16)(H,17,18). The molecule has 104 valence electrons. The highest BCUT2D eigenvalue weighted by molar-refractivity contribution is 5.83. The Morgan fingerprint density at radius 2 is 1.72 bits per heavy atom. The predicted octanol–water partition coefficient (Wildman–Crippen LogP) is 2.57. The Balaban J connectivity index is 2.63. The summed E-state index contributed by atoms with van der Waals surface area (Å²) in [5.41, 5.74) is -1.10. The third-order valence-electron chi connectivity index (χ3n) is 4.65. The normalized spacial score (nSPS) is 18.6. The van der Waals surface area contributed by atoms with Crippen LogP contribution in [0, 0.1) is 10.8 Å². The molecule has 0 saturated heterocycles. The quantitative estimate of drug-likeness (QED) is 0.766. The van der Waals surface area contributed by atoms with Crippen molar-refractivity contribution in [2.24, 2.45) is 10.8 Å². The molecule has 0 radical (unpaired) electrons. The topological polar surface area (TPSA) is 66.4 Å². The van der Waals surface area contributed by atoms with Gasteiger partial charge in [0, 0.05) is 12.0 Å². The second kappa shape index (κ2) is 5.72. The van der Waals surface area contributed by atoms with E-state index in [1.807, 2.05) is 20.8 Å². The molecule has 1 saturated carbocycles. The van der Waals surface area contributed by atoms with Crippen LogP contribution < -0.4 is 5.32 Å². The lowest BCUT2D eigenvalue weighted by Crippen LogP contribution is -2.46. The van der Waals surface area contributed by atoms with Gasteiger partial charge in [0.25, 0.3) is 0 Å². The number of carboxylic acid groups (broad SMARTS) is 1. The molecule has 2 N–H and O–H groups in total. The van der Waals surface area contributed by atoms with E-state index in [1.165, 1.54) is 0 Å². The summed E-state index contributed by atoms with van der Waals surface area (Å²) in [5, 5.41) is 12.2. The maximum Gasteiger partial charge on any atom is 0.311 e. The molecule has 1 fully saturated rings. The van der Waals surface area contributed by atoms with E-state index in [2.05, 4.69) is 5.32 Å². The molecule has 0 spiro atoms. The summed E-state index contributed by atoms with van der Waals surface area (Å²) in [7, 11) is 0. The Bertz CT molecular complexity index is 315. The molecule has 0 unspecified atom stereocenters. The van der Waals surface area contributed by atoms with E-state index in [9.17, 15) is 14.7 Å². The number of carbonyl (C=O) groups is 2. The Labute approximate surface area is 109 Å². The fourth-order valence-electron chi connectivity index (χ4n) is 2.72. The molecule has 0 aromatic heterocycles. The van der Waals surface area contributed by atoms with E-state index in [-0.39, 0.29) is 17.9 Å². The van der Waals surface area contributed by atoms with Crippen molar-refractivity contribution in [3.63, 3.8) is 0 Å². The summed E-state index contributed by atoms with van der Waals surface area (Å²) in [5.74, 6) is -0.795. The van der Waals surface area contributed by atoms with Gasteiger partial charge in [-0.1, -0.05) is 33.6 Å². The van der Waals surface area contributed by atoms with Gasteiger partial charge in [-0.05, 0) is 25.7 Å². The largest absolute Gasteiger partial charge is 0.481 e. The Hall–Kier alpha value is -1.06. The van der Waals surface area contributed by atoms with Gasteiger partial charge < -0.3 is 10.4 Å². The maximum absolute atomic E-state index is 12.2. The van der Waals surface area contributed by atoms with E-state index in [0.717, 1.165) is 25.7 Å². The van der Waals surface area contributed by atoms with E-state index in [4.69, 9.17) is 0 Å². The van der Waals surface area contributed by atoms with Gasteiger partial charge in [-0.25, -0.2) is 0 Å². The van der Waals surface area contributed by atoms with Crippen LogP contribution >= 0.6 is 0 Å². The fraction of sp³-hybridized carbons (Fsp3) is 0.857. The maximum atomic E-state index is 12.2. The fourth-order valence-corrected chi connectivity index (χ4v) is 2.72. The van der Waals surface area contributed by atoms with Gasteiger partial charge in [-0.2, -0.15) is 0 Å². The number of amides is 1. The van der Waals surface area contributed by atoms with Crippen LogP contribution in [0.5, 0.6) is 0 Å². The highest BCUT2D eigenvalue weighted by atomic mass is 16.4. The van der Waals surface area contributed by atoms with Crippen LogP contribution in [0.4, 0.5) is 0 Å². The van der Waals surface area contributed by atoms with Crippen LogP contribution in [0.25, 0.3) is 0 Å². The molecule has 1 rings (SSSR count). The van der Waals surface area contributed by atoms with Gasteiger partial charge in [0.05, 0.1) is 5.41 Å². The first-order valence-electron chi connectivity index (χ1n) is 6.92. The predicted molar refractivity (Wildman–Crippen MR) is 70.2 cm³/mol. The van der Waals surface area contributed by atoms with Crippen molar-refractivity contribution in [3.05, 3.63) is 0 Å².